The van der Waals surface area contributed by atoms with E-state index in [-0.39, 0.29) is 17.2 Å². The second-order valence-corrected chi connectivity index (χ2v) is 5.69. The Bertz CT molecular complexity index is 374. The van der Waals surface area contributed by atoms with E-state index in [1.807, 2.05) is 30.9 Å². The zero-order chi connectivity index (χ0) is 13.1. The van der Waals surface area contributed by atoms with Crippen LogP contribution in [0.25, 0.3) is 0 Å². The van der Waals surface area contributed by atoms with E-state index in [1.54, 1.807) is 0 Å². The number of nitrogens with zero attached hydrogens (tertiary/aromatic N) is 2. The molecule has 0 spiro atoms. The predicted octanol–water partition coefficient (Wildman–Crippen LogP) is 1.95. The van der Waals surface area contributed by atoms with Crippen LogP contribution in [-0.2, 0) is 16.8 Å². The van der Waals surface area contributed by atoms with Crippen LogP contribution in [0.4, 0.5) is 0 Å². The maximum atomic E-state index is 11.4. The zero-order valence-electron chi connectivity index (χ0n) is 11.4. The summed E-state index contributed by atoms with van der Waals surface area (Å²) in [7, 11) is 0. The number of carbonyl (C=O) groups is 1. The minimum atomic E-state index is 0.0396. The first-order chi connectivity index (χ1) is 7.80. The molecule has 0 aliphatic rings. The lowest BCUT2D eigenvalue weighted by Crippen LogP contribution is -2.30. The largest absolute Gasteiger partial charge is 0.354 e. The number of amides is 1. The number of carbonyl (C=O) groups excluding carboxylic acids is 1. The molecule has 1 aromatic rings. The number of rotatable bonds is 4. The average molecular weight is 237 g/mol. The molecule has 0 aliphatic heterocycles. The third-order valence-corrected chi connectivity index (χ3v) is 2.66. The summed E-state index contributed by atoms with van der Waals surface area (Å²) in [6.07, 6.45) is 3.94. The minimum absolute atomic E-state index is 0.0396. The lowest BCUT2D eigenvalue weighted by Gasteiger charge is -2.15. The molecule has 1 heterocycles. The Morgan fingerprint density at radius 2 is 2.12 bits per heavy atom. The molecule has 1 amide bonds. The Kier molecular flexibility index (Phi) is 4.32. The molecule has 0 unspecified atom stereocenters. The highest BCUT2D eigenvalue weighted by molar-refractivity contribution is 5.77. The van der Waals surface area contributed by atoms with Crippen molar-refractivity contribution in [3.63, 3.8) is 0 Å². The molecule has 4 heteroatoms. The van der Waals surface area contributed by atoms with Crippen LogP contribution in [0.5, 0.6) is 0 Å². The first-order valence-electron chi connectivity index (χ1n) is 6.11. The van der Waals surface area contributed by atoms with Crippen LogP contribution in [0.2, 0.25) is 0 Å². The summed E-state index contributed by atoms with van der Waals surface area (Å²) in [5, 5.41) is 7.17. The van der Waals surface area contributed by atoms with Gasteiger partial charge in [-0.2, -0.15) is 5.10 Å². The Morgan fingerprint density at radius 1 is 1.47 bits per heavy atom. The highest BCUT2D eigenvalue weighted by Crippen LogP contribution is 2.20. The lowest BCUT2D eigenvalue weighted by atomic mass is 9.90. The van der Waals surface area contributed by atoms with Crippen molar-refractivity contribution < 1.29 is 4.79 Å². The Morgan fingerprint density at radius 3 is 2.59 bits per heavy atom. The maximum Gasteiger partial charge on any atom is 0.222 e. The van der Waals surface area contributed by atoms with Crippen LogP contribution in [0.15, 0.2) is 12.4 Å². The van der Waals surface area contributed by atoms with Gasteiger partial charge in [-0.1, -0.05) is 34.6 Å². The van der Waals surface area contributed by atoms with Gasteiger partial charge in [-0.25, -0.2) is 0 Å². The fourth-order valence-electron chi connectivity index (χ4n) is 1.37. The van der Waals surface area contributed by atoms with Gasteiger partial charge in [0.15, 0.2) is 0 Å². The Balaban J connectivity index is 2.43. The molecule has 1 N–H and O–H groups in total. The molecular weight excluding hydrogens is 214 g/mol. The monoisotopic (exact) mass is 237 g/mol. The van der Waals surface area contributed by atoms with E-state index in [0.29, 0.717) is 13.1 Å². The third kappa shape index (κ3) is 4.21. The molecule has 0 bridgehead atoms. The van der Waals surface area contributed by atoms with E-state index in [9.17, 15) is 4.79 Å². The number of hydrogen-bond acceptors (Lipinski definition) is 2. The third-order valence-electron chi connectivity index (χ3n) is 2.66. The van der Waals surface area contributed by atoms with Crippen molar-refractivity contribution in [2.24, 2.45) is 5.92 Å². The maximum absolute atomic E-state index is 11.4. The molecule has 0 saturated carbocycles. The van der Waals surface area contributed by atoms with E-state index in [0.717, 1.165) is 0 Å². The quantitative estimate of drug-likeness (QED) is 0.870. The van der Waals surface area contributed by atoms with Crippen molar-refractivity contribution in [3.8, 4) is 0 Å². The summed E-state index contributed by atoms with van der Waals surface area (Å²) < 4.78 is 1.88. The van der Waals surface area contributed by atoms with E-state index in [1.165, 1.54) is 5.56 Å². The van der Waals surface area contributed by atoms with Gasteiger partial charge in [0.1, 0.15) is 0 Å². The van der Waals surface area contributed by atoms with Crippen LogP contribution in [-0.4, -0.2) is 22.2 Å². The standard InChI is InChI=1S/C13H23N3O/c1-10(2)12(17)14-6-7-16-9-11(8-15-16)13(3,4)5/h8-10H,6-7H2,1-5H3,(H,14,17). The number of aromatic nitrogens is 2. The van der Waals surface area contributed by atoms with Gasteiger partial charge in [-0.05, 0) is 11.0 Å². The van der Waals surface area contributed by atoms with Gasteiger partial charge in [-0.3, -0.25) is 9.48 Å². The normalized spacial score (nSPS) is 11.9. The number of nitrogens with one attached hydrogen (secondary N) is 1. The van der Waals surface area contributed by atoms with Crippen molar-refractivity contribution in [1.29, 1.82) is 0 Å². The van der Waals surface area contributed by atoms with Gasteiger partial charge in [0.05, 0.1) is 12.7 Å². The van der Waals surface area contributed by atoms with E-state index in [4.69, 9.17) is 0 Å². The van der Waals surface area contributed by atoms with Crippen molar-refractivity contribution in [2.45, 2.75) is 46.6 Å². The molecule has 0 aromatic carbocycles. The van der Waals surface area contributed by atoms with Gasteiger partial charge < -0.3 is 5.32 Å². The SMILES string of the molecule is CC(C)C(=O)NCCn1cc(C(C)(C)C)cn1. The summed E-state index contributed by atoms with van der Waals surface area (Å²) in [5.41, 5.74) is 1.34. The molecular formula is C13H23N3O. The van der Waals surface area contributed by atoms with E-state index in [2.05, 4.69) is 31.2 Å². The molecule has 0 fully saturated rings. The summed E-state index contributed by atoms with van der Waals surface area (Å²) in [6, 6.07) is 0. The molecule has 4 nitrogen and oxygen atoms in total. The molecule has 17 heavy (non-hydrogen) atoms. The van der Waals surface area contributed by atoms with Crippen molar-refractivity contribution in [2.75, 3.05) is 6.54 Å². The van der Waals surface area contributed by atoms with Crippen LogP contribution in [0, 0.1) is 5.92 Å². The second kappa shape index (κ2) is 5.34. The van der Waals surface area contributed by atoms with Gasteiger partial charge in [0, 0.05) is 18.7 Å². The summed E-state index contributed by atoms with van der Waals surface area (Å²) in [5.74, 6) is 0.131. The molecule has 0 aliphatic carbocycles. The zero-order valence-corrected chi connectivity index (χ0v) is 11.4. The first kappa shape index (κ1) is 13.7. The Labute approximate surface area is 103 Å². The van der Waals surface area contributed by atoms with Crippen LogP contribution in [0.3, 0.4) is 0 Å². The van der Waals surface area contributed by atoms with Crippen LogP contribution in [0.1, 0.15) is 40.2 Å². The predicted molar refractivity (Wildman–Crippen MR) is 68.8 cm³/mol. The van der Waals surface area contributed by atoms with Gasteiger partial charge >= 0.3 is 0 Å². The highest BCUT2D eigenvalue weighted by atomic mass is 16.1. The summed E-state index contributed by atoms with van der Waals surface area (Å²) >= 11 is 0. The highest BCUT2D eigenvalue weighted by Gasteiger charge is 2.15. The molecule has 1 rings (SSSR count). The first-order valence-corrected chi connectivity index (χ1v) is 6.11. The Hall–Kier alpha value is -1.32. The van der Waals surface area contributed by atoms with Gasteiger partial charge in [0.25, 0.3) is 0 Å². The smallest absolute Gasteiger partial charge is 0.222 e. The van der Waals surface area contributed by atoms with E-state index < -0.39 is 0 Å². The van der Waals surface area contributed by atoms with Crippen LogP contribution < -0.4 is 5.32 Å². The topological polar surface area (TPSA) is 46.9 Å². The van der Waals surface area contributed by atoms with Crippen molar-refractivity contribution in [3.05, 3.63) is 18.0 Å². The fourth-order valence-corrected chi connectivity index (χ4v) is 1.37. The van der Waals surface area contributed by atoms with Gasteiger partial charge in [0.2, 0.25) is 5.91 Å². The number of hydrogen-bond donors (Lipinski definition) is 1. The van der Waals surface area contributed by atoms with E-state index >= 15 is 0 Å². The summed E-state index contributed by atoms with van der Waals surface area (Å²) in [4.78, 5) is 11.4. The second-order valence-electron chi connectivity index (χ2n) is 5.69. The fraction of sp³-hybridized carbons (Fsp3) is 0.692. The lowest BCUT2D eigenvalue weighted by molar-refractivity contribution is -0.124. The molecule has 1 aromatic heterocycles. The van der Waals surface area contributed by atoms with Gasteiger partial charge in [-0.15, -0.1) is 0 Å². The average Bonchev–Trinajstić information content (AvgIpc) is 2.65. The minimum Gasteiger partial charge on any atom is -0.354 e. The summed E-state index contributed by atoms with van der Waals surface area (Å²) in [6.45, 7) is 11.6. The van der Waals surface area contributed by atoms with Crippen LogP contribution >= 0.6 is 0 Å². The molecule has 96 valence electrons. The molecule has 0 atom stereocenters. The van der Waals surface area contributed by atoms with Crippen molar-refractivity contribution >= 4 is 5.91 Å². The molecule has 0 saturated heterocycles. The van der Waals surface area contributed by atoms with Crippen molar-refractivity contribution in [1.82, 2.24) is 15.1 Å². The molecule has 0 radical (unpaired) electrons.